The largest absolute Gasteiger partial charge is 0.394 e. The highest BCUT2D eigenvalue weighted by atomic mass is 79.9. The summed E-state index contributed by atoms with van der Waals surface area (Å²) in [6.45, 7) is -2.23. The van der Waals surface area contributed by atoms with E-state index in [2.05, 4.69) is 58.4 Å². The van der Waals surface area contributed by atoms with Gasteiger partial charge in [-0.2, -0.15) is 0 Å². The molecular formula is C14H16Br3N3O7. The lowest BCUT2D eigenvalue weighted by molar-refractivity contribution is -0.118. The van der Waals surface area contributed by atoms with Crippen molar-refractivity contribution in [3.05, 3.63) is 24.5 Å². The zero-order valence-corrected chi connectivity index (χ0v) is 18.3. The zero-order chi connectivity index (χ0) is 20.9. The van der Waals surface area contributed by atoms with Gasteiger partial charge in [-0.15, -0.1) is 0 Å². The van der Waals surface area contributed by atoms with Gasteiger partial charge >= 0.3 is 0 Å². The number of anilines is 1. The lowest BCUT2D eigenvalue weighted by Crippen LogP contribution is -2.47. The van der Waals surface area contributed by atoms with Gasteiger partial charge in [0.05, 0.1) is 51.1 Å². The maximum Gasteiger partial charge on any atom is 0.254 e. The summed E-state index contributed by atoms with van der Waals surface area (Å²) in [7, 11) is 0. The van der Waals surface area contributed by atoms with Crippen LogP contribution in [0.1, 0.15) is 20.7 Å². The van der Waals surface area contributed by atoms with Crippen LogP contribution in [0.2, 0.25) is 0 Å². The van der Waals surface area contributed by atoms with Crippen molar-refractivity contribution in [2.75, 3.05) is 25.1 Å². The maximum absolute atomic E-state index is 12.7. The first-order valence-electron chi connectivity index (χ1n) is 7.22. The molecule has 13 heteroatoms. The Morgan fingerprint density at radius 2 is 1.52 bits per heavy atom. The van der Waals surface area contributed by atoms with E-state index in [1.54, 1.807) is 0 Å². The van der Waals surface area contributed by atoms with Crippen molar-refractivity contribution in [2.45, 2.75) is 12.1 Å². The van der Waals surface area contributed by atoms with Gasteiger partial charge in [0, 0.05) is 4.47 Å². The summed E-state index contributed by atoms with van der Waals surface area (Å²) in [6, 6.07) is -1.20. The molecule has 1 aromatic carbocycles. The summed E-state index contributed by atoms with van der Waals surface area (Å²) in [5.41, 5.74) is 4.96. The Bertz CT molecular complexity index is 760. The molecule has 0 spiro atoms. The van der Waals surface area contributed by atoms with Crippen LogP contribution in [-0.4, -0.2) is 70.1 Å². The summed E-state index contributed by atoms with van der Waals surface area (Å²) in [4.78, 5) is 36.0. The van der Waals surface area contributed by atoms with Gasteiger partial charge in [0.15, 0.2) is 0 Å². The van der Waals surface area contributed by atoms with Crippen LogP contribution in [0.5, 0.6) is 0 Å². The Balaban J connectivity index is 3.55. The van der Waals surface area contributed by atoms with E-state index >= 15 is 0 Å². The Kier molecular flexibility index (Phi) is 9.27. The molecule has 1 aromatic rings. The van der Waals surface area contributed by atoms with Gasteiger partial charge in [-0.3, -0.25) is 14.4 Å². The average molecular weight is 578 g/mol. The van der Waals surface area contributed by atoms with Gasteiger partial charge in [0.2, 0.25) is 5.91 Å². The normalized spacial score (nSPS) is 13.0. The number of hydrogen-bond acceptors (Lipinski definition) is 7. The van der Waals surface area contributed by atoms with Crippen molar-refractivity contribution in [1.82, 2.24) is 5.32 Å². The molecule has 2 atom stereocenters. The van der Waals surface area contributed by atoms with Crippen molar-refractivity contribution < 1.29 is 34.8 Å². The van der Waals surface area contributed by atoms with Crippen LogP contribution in [0.15, 0.2) is 13.4 Å². The number of aliphatic hydroxyl groups is 4. The number of aliphatic hydroxyl groups excluding tert-OH is 4. The van der Waals surface area contributed by atoms with Gasteiger partial charge in [-0.25, -0.2) is 0 Å². The van der Waals surface area contributed by atoms with Crippen molar-refractivity contribution in [1.29, 1.82) is 0 Å². The van der Waals surface area contributed by atoms with E-state index in [1.807, 2.05) is 0 Å². The van der Waals surface area contributed by atoms with E-state index in [1.165, 1.54) is 0 Å². The molecule has 2 unspecified atom stereocenters. The highest BCUT2D eigenvalue weighted by Crippen LogP contribution is 2.42. The van der Waals surface area contributed by atoms with E-state index < -0.39 is 49.7 Å². The molecule has 0 aliphatic heterocycles. The fourth-order valence-electron chi connectivity index (χ4n) is 2.00. The van der Waals surface area contributed by atoms with E-state index in [9.17, 15) is 24.6 Å². The van der Waals surface area contributed by atoms with Crippen LogP contribution >= 0.6 is 47.8 Å². The molecule has 0 saturated carbocycles. The summed E-state index contributed by atoms with van der Waals surface area (Å²) in [6.07, 6.45) is -1.43. The molecule has 0 saturated heterocycles. The average Bonchev–Trinajstić information content (AvgIpc) is 2.61. The topological polar surface area (TPSA) is 182 Å². The van der Waals surface area contributed by atoms with Crippen molar-refractivity contribution in [2.24, 2.45) is 5.73 Å². The van der Waals surface area contributed by atoms with Gasteiger partial charge in [-0.1, -0.05) is 0 Å². The predicted octanol–water partition coefficient (Wildman–Crippen LogP) is -0.552. The number of hydrogen-bond donors (Lipinski definition) is 7. The smallest absolute Gasteiger partial charge is 0.254 e. The number of rotatable bonds is 8. The van der Waals surface area contributed by atoms with Gasteiger partial charge < -0.3 is 36.8 Å². The van der Waals surface area contributed by atoms with Crippen molar-refractivity contribution in [3.63, 3.8) is 0 Å². The molecule has 0 bridgehead atoms. The summed E-state index contributed by atoms with van der Waals surface area (Å²) >= 11 is 9.38. The minimum atomic E-state index is -1.43. The number of carbonyl (C=O) groups excluding carboxylic acids is 3. The van der Waals surface area contributed by atoms with Crippen molar-refractivity contribution >= 4 is 71.2 Å². The third-order valence-corrected chi connectivity index (χ3v) is 5.74. The van der Waals surface area contributed by atoms with E-state index in [0.717, 1.165) is 0 Å². The summed E-state index contributed by atoms with van der Waals surface area (Å²) in [5.74, 6) is -2.59. The molecular weight excluding hydrogens is 562 g/mol. The fourth-order valence-corrected chi connectivity index (χ4v) is 4.94. The molecule has 3 amide bonds. The second-order valence-electron chi connectivity index (χ2n) is 5.15. The highest BCUT2D eigenvalue weighted by molar-refractivity contribution is 9.11. The minimum absolute atomic E-state index is 0.0246. The zero-order valence-electron chi connectivity index (χ0n) is 13.5. The van der Waals surface area contributed by atoms with Crippen molar-refractivity contribution in [3.8, 4) is 0 Å². The third kappa shape index (κ3) is 5.47. The highest BCUT2D eigenvalue weighted by Gasteiger charge is 2.29. The Morgan fingerprint density at radius 1 is 0.963 bits per heavy atom. The lowest BCUT2D eigenvalue weighted by Gasteiger charge is -2.23. The Hall–Kier alpha value is -1.09. The maximum atomic E-state index is 12.7. The Morgan fingerprint density at radius 3 is 1.96 bits per heavy atom. The fraction of sp³-hybridized carbons (Fsp3) is 0.357. The first-order chi connectivity index (χ1) is 12.6. The third-order valence-electron chi connectivity index (χ3n) is 3.36. The first kappa shape index (κ1) is 23.9. The number of halogens is 3. The number of carbonyl (C=O) groups is 3. The van der Waals surface area contributed by atoms with Crippen LogP contribution in [0, 0.1) is 0 Å². The van der Waals surface area contributed by atoms with Gasteiger partial charge in [0.25, 0.3) is 11.8 Å². The first-order valence-corrected chi connectivity index (χ1v) is 9.60. The second kappa shape index (κ2) is 10.5. The van der Waals surface area contributed by atoms with E-state index in [0.29, 0.717) is 0 Å². The van der Waals surface area contributed by atoms with Crippen LogP contribution in [0.3, 0.4) is 0 Å². The van der Waals surface area contributed by atoms with Gasteiger partial charge in [0.1, 0.15) is 6.61 Å². The SMILES string of the molecule is NC(=O)c1c(Br)c(NC(=O)CO)c(Br)c(C(=O)NC(CO)C(O)CO)c1Br. The summed E-state index contributed by atoms with van der Waals surface area (Å²) < 4.78 is 0.0605. The summed E-state index contributed by atoms with van der Waals surface area (Å²) in [5, 5.41) is 41.4. The minimum Gasteiger partial charge on any atom is -0.394 e. The molecule has 0 fully saturated rings. The number of primary amides is 1. The molecule has 1 rings (SSSR count). The molecule has 0 aliphatic rings. The monoisotopic (exact) mass is 575 g/mol. The van der Waals surface area contributed by atoms with E-state index in [-0.39, 0.29) is 30.2 Å². The molecule has 10 nitrogen and oxygen atoms in total. The number of amides is 3. The number of nitrogens with two attached hydrogens (primary N) is 1. The predicted molar refractivity (Wildman–Crippen MR) is 105 cm³/mol. The molecule has 150 valence electrons. The van der Waals surface area contributed by atoms with E-state index in [4.69, 9.17) is 15.9 Å². The van der Waals surface area contributed by atoms with Crippen LogP contribution in [0.4, 0.5) is 5.69 Å². The number of nitrogens with one attached hydrogen (secondary N) is 2. The van der Waals surface area contributed by atoms with Crippen LogP contribution < -0.4 is 16.4 Å². The molecule has 27 heavy (non-hydrogen) atoms. The molecule has 0 aromatic heterocycles. The molecule has 8 N–H and O–H groups in total. The molecule has 0 heterocycles. The Labute approximate surface area is 178 Å². The standard InChI is InChI=1S/C14H16Br3N3O7/c15-9-7(13(18)26)10(16)12(20-6(25)3-23)11(17)8(9)14(27)19-4(1-21)5(24)2-22/h4-5,21-24H,1-3H2,(H2,18,26)(H,19,27)(H,20,25). The lowest BCUT2D eigenvalue weighted by atomic mass is 10.1. The van der Waals surface area contributed by atoms with Gasteiger partial charge in [-0.05, 0) is 47.8 Å². The van der Waals surface area contributed by atoms with Crippen LogP contribution in [-0.2, 0) is 4.79 Å². The molecule has 0 radical (unpaired) electrons. The second-order valence-corrected chi connectivity index (χ2v) is 7.53. The number of benzene rings is 1. The molecule has 0 aliphatic carbocycles. The quantitative estimate of drug-likeness (QED) is 0.216. The van der Waals surface area contributed by atoms with Crippen LogP contribution in [0.25, 0.3) is 0 Å².